The maximum Gasteiger partial charge on any atom is 0.296 e. The van der Waals surface area contributed by atoms with Gasteiger partial charge in [0.15, 0.2) is 0 Å². The summed E-state index contributed by atoms with van der Waals surface area (Å²) < 4.78 is 17.5. The Morgan fingerprint density at radius 1 is 1.69 bits per heavy atom. The van der Waals surface area contributed by atoms with E-state index in [0.717, 1.165) is 6.20 Å². The second-order valence-corrected chi connectivity index (χ2v) is 3.07. The molecule has 0 unspecified atom stereocenters. The summed E-state index contributed by atoms with van der Waals surface area (Å²) in [4.78, 5) is 16.5. The SMILES string of the molecule is CC(C)COc1ncc(F)c(=O)[nH]1. The Bertz CT molecular complexity index is 335. The van der Waals surface area contributed by atoms with E-state index in [2.05, 4.69) is 9.97 Å². The molecule has 1 rings (SSSR count). The van der Waals surface area contributed by atoms with Crippen molar-refractivity contribution in [3.63, 3.8) is 0 Å². The van der Waals surface area contributed by atoms with Gasteiger partial charge in [0, 0.05) is 0 Å². The van der Waals surface area contributed by atoms with Crippen molar-refractivity contribution in [2.45, 2.75) is 13.8 Å². The zero-order valence-corrected chi connectivity index (χ0v) is 7.50. The molecule has 72 valence electrons. The molecule has 1 N–H and O–H groups in total. The summed E-state index contributed by atoms with van der Waals surface area (Å²) in [5.74, 6) is -0.577. The summed E-state index contributed by atoms with van der Waals surface area (Å²) in [7, 11) is 0. The molecule has 0 bridgehead atoms. The minimum Gasteiger partial charge on any atom is -0.464 e. The molecule has 1 aromatic rings. The predicted octanol–water partition coefficient (Wildman–Crippen LogP) is 0.944. The molecule has 1 aromatic heterocycles. The number of hydrogen-bond donors (Lipinski definition) is 1. The highest BCUT2D eigenvalue weighted by Gasteiger charge is 2.02. The van der Waals surface area contributed by atoms with E-state index in [1.807, 2.05) is 13.8 Å². The number of nitrogens with one attached hydrogen (secondary N) is 1. The Balaban J connectivity index is 2.69. The molecule has 0 atom stereocenters. The maximum absolute atomic E-state index is 12.4. The molecule has 13 heavy (non-hydrogen) atoms. The van der Waals surface area contributed by atoms with Crippen LogP contribution in [0, 0.1) is 11.7 Å². The number of aromatic amines is 1. The Morgan fingerprint density at radius 2 is 2.38 bits per heavy atom. The molecule has 4 nitrogen and oxygen atoms in total. The number of hydrogen-bond acceptors (Lipinski definition) is 3. The first-order valence-corrected chi connectivity index (χ1v) is 3.97. The van der Waals surface area contributed by atoms with Gasteiger partial charge < -0.3 is 4.74 Å². The average molecular weight is 186 g/mol. The fraction of sp³-hybridized carbons (Fsp3) is 0.500. The Morgan fingerprint density at radius 3 is 2.92 bits per heavy atom. The number of nitrogens with zero attached hydrogens (tertiary/aromatic N) is 1. The van der Waals surface area contributed by atoms with Crippen molar-refractivity contribution < 1.29 is 9.13 Å². The molecule has 0 aromatic carbocycles. The fourth-order valence-corrected chi connectivity index (χ4v) is 0.682. The standard InChI is InChI=1S/C8H11FN2O2/c1-5(2)4-13-8-10-3-6(9)7(12)11-8/h3,5H,4H2,1-2H3,(H,10,11,12). The van der Waals surface area contributed by atoms with Crippen molar-refractivity contribution in [3.8, 4) is 6.01 Å². The lowest BCUT2D eigenvalue weighted by Gasteiger charge is -2.05. The quantitative estimate of drug-likeness (QED) is 0.764. The van der Waals surface area contributed by atoms with E-state index in [1.165, 1.54) is 0 Å². The van der Waals surface area contributed by atoms with E-state index in [9.17, 15) is 9.18 Å². The van der Waals surface area contributed by atoms with Gasteiger partial charge in [0.25, 0.3) is 11.6 Å². The van der Waals surface area contributed by atoms with Gasteiger partial charge in [-0.25, -0.2) is 4.98 Å². The molecule has 0 radical (unpaired) electrons. The smallest absolute Gasteiger partial charge is 0.296 e. The Kier molecular flexibility index (Phi) is 3.00. The van der Waals surface area contributed by atoms with Crippen molar-refractivity contribution in [2.75, 3.05) is 6.61 Å². The third-order valence-corrected chi connectivity index (χ3v) is 1.29. The molecule has 0 saturated heterocycles. The van der Waals surface area contributed by atoms with E-state index >= 15 is 0 Å². The van der Waals surface area contributed by atoms with Gasteiger partial charge in [0.05, 0.1) is 12.8 Å². The van der Waals surface area contributed by atoms with Crippen LogP contribution in [0.2, 0.25) is 0 Å². The molecule has 0 fully saturated rings. The van der Waals surface area contributed by atoms with E-state index in [4.69, 9.17) is 4.74 Å². The normalized spacial score (nSPS) is 10.5. The molecular weight excluding hydrogens is 175 g/mol. The number of H-pyrrole nitrogens is 1. The van der Waals surface area contributed by atoms with Crippen LogP contribution in [0.3, 0.4) is 0 Å². The van der Waals surface area contributed by atoms with Crippen LogP contribution < -0.4 is 10.3 Å². The van der Waals surface area contributed by atoms with Crippen molar-refractivity contribution >= 4 is 0 Å². The van der Waals surface area contributed by atoms with Crippen LogP contribution in [0.5, 0.6) is 6.01 Å². The molecule has 5 heteroatoms. The Labute approximate surface area is 74.8 Å². The average Bonchev–Trinajstić information content (AvgIpc) is 2.07. The summed E-state index contributed by atoms with van der Waals surface area (Å²) in [6, 6.07) is 0.0556. The van der Waals surface area contributed by atoms with E-state index in [0.29, 0.717) is 12.5 Å². The van der Waals surface area contributed by atoms with Crippen LogP contribution in [0.4, 0.5) is 4.39 Å². The minimum atomic E-state index is -0.906. The third-order valence-electron chi connectivity index (χ3n) is 1.29. The number of ether oxygens (including phenoxy) is 1. The van der Waals surface area contributed by atoms with Gasteiger partial charge in [0.1, 0.15) is 0 Å². The van der Waals surface area contributed by atoms with Crippen LogP contribution in [-0.2, 0) is 0 Å². The highest BCUT2D eigenvalue weighted by molar-refractivity contribution is 4.96. The molecule has 0 saturated carbocycles. The Hall–Kier alpha value is -1.39. The van der Waals surface area contributed by atoms with Gasteiger partial charge in [-0.1, -0.05) is 13.8 Å². The van der Waals surface area contributed by atoms with Crippen molar-refractivity contribution in [2.24, 2.45) is 5.92 Å². The molecule has 1 heterocycles. The highest BCUT2D eigenvalue weighted by atomic mass is 19.1. The maximum atomic E-state index is 12.4. The van der Waals surface area contributed by atoms with Crippen LogP contribution in [0.25, 0.3) is 0 Å². The first kappa shape index (κ1) is 9.70. The zero-order valence-electron chi connectivity index (χ0n) is 7.50. The molecule has 0 aliphatic carbocycles. The van der Waals surface area contributed by atoms with Crippen molar-refractivity contribution in [3.05, 3.63) is 22.4 Å². The van der Waals surface area contributed by atoms with Crippen LogP contribution in [0.1, 0.15) is 13.8 Å². The molecule has 0 spiro atoms. The number of aromatic nitrogens is 2. The van der Waals surface area contributed by atoms with E-state index in [-0.39, 0.29) is 6.01 Å². The third kappa shape index (κ3) is 2.85. The first-order valence-electron chi connectivity index (χ1n) is 3.97. The van der Waals surface area contributed by atoms with Crippen LogP contribution in [0.15, 0.2) is 11.0 Å². The van der Waals surface area contributed by atoms with Gasteiger partial charge in [-0.15, -0.1) is 0 Å². The van der Waals surface area contributed by atoms with Gasteiger partial charge in [-0.2, -0.15) is 4.39 Å². The lowest BCUT2D eigenvalue weighted by atomic mass is 10.2. The van der Waals surface area contributed by atoms with E-state index in [1.54, 1.807) is 0 Å². The minimum absolute atomic E-state index is 0.0556. The monoisotopic (exact) mass is 186 g/mol. The van der Waals surface area contributed by atoms with Gasteiger partial charge in [0.2, 0.25) is 5.82 Å². The second kappa shape index (κ2) is 4.02. The van der Waals surface area contributed by atoms with Crippen LogP contribution in [-0.4, -0.2) is 16.6 Å². The van der Waals surface area contributed by atoms with E-state index < -0.39 is 11.4 Å². The molecule has 0 aliphatic rings. The van der Waals surface area contributed by atoms with Gasteiger partial charge in [-0.05, 0) is 5.92 Å². The number of halogens is 1. The predicted molar refractivity (Wildman–Crippen MR) is 45.1 cm³/mol. The van der Waals surface area contributed by atoms with Crippen molar-refractivity contribution in [1.82, 2.24) is 9.97 Å². The van der Waals surface area contributed by atoms with Gasteiger partial charge in [-0.3, -0.25) is 9.78 Å². The van der Waals surface area contributed by atoms with Crippen LogP contribution >= 0.6 is 0 Å². The fourth-order valence-electron chi connectivity index (χ4n) is 0.682. The summed E-state index contributed by atoms with van der Waals surface area (Å²) in [6.07, 6.45) is 0.842. The zero-order chi connectivity index (χ0) is 9.84. The molecular formula is C8H11FN2O2. The lowest BCUT2D eigenvalue weighted by Crippen LogP contribution is -2.15. The topological polar surface area (TPSA) is 55.0 Å². The summed E-state index contributed by atoms with van der Waals surface area (Å²) >= 11 is 0. The summed E-state index contributed by atoms with van der Waals surface area (Å²) in [5, 5.41) is 0. The largest absolute Gasteiger partial charge is 0.464 e. The van der Waals surface area contributed by atoms with Gasteiger partial charge >= 0.3 is 0 Å². The second-order valence-electron chi connectivity index (χ2n) is 3.07. The molecule has 0 amide bonds. The number of rotatable bonds is 3. The summed E-state index contributed by atoms with van der Waals surface area (Å²) in [6.45, 7) is 4.36. The molecule has 0 aliphatic heterocycles. The lowest BCUT2D eigenvalue weighted by molar-refractivity contribution is 0.249. The van der Waals surface area contributed by atoms with Crippen molar-refractivity contribution in [1.29, 1.82) is 0 Å². The summed E-state index contributed by atoms with van der Waals surface area (Å²) in [5.41, 5.74) is -0.811. The highest BCUT2D eigenvalue weighted by Crippen LogP contribution is 2.00. The first-order chi connectivity index (χ1) is 6.09.